The maximum atomic E-state index is 11.0. The van der Waals surface area contributed by atoms with Crippen molar-refractivity contribution >= 4 is 5.97 Å². The van der Waals surface area contributed by atoms with Gasteiger partial charge in [0, 0.05) is 35.9 Å². The molecule has 0 aliphatic rings. The average molecular weight is 309 g/mol. The topological polar surface area (TPSA) is 93.8 Å². The summed E-state index contributed by atoms with van der Waals surface area (Å²) in [4.78, 5) is 28.0. The Labute approximate surface area is 132 Å². The predicted molar refractivity (Wildman–Crippen MR) is 83.4 cm³/mol. The zero-order valence-corrected chi connectivity index (χ0v) is 12.7. The lowest BCUT2D eigenvalue weighted by molar-refractivity contribution is 0.0691. The van der Waals surface area contributed by atoms with Crippen molar-refractivity contribution in [3.63, 3.8) is 0 Å². The number of carbonyl (C=O) groups is 1. The molecule has 0 bridgehead atoms. The van der Waals surface area contributed by atoms with Gasteiger partial charge < -0.3 is 5.11 Å². The standard InChI is InChI=1S/C16H15N5O2/c1-10(2)12-6-14(21-8-13(16(22)23)18-9-21)20-15(19-12)11-4-3-5-17-7-11/h3-10H,1-2H3,(H,22,23). The molecule has 0 saturated carbocycles. The van der Waals surface area contributed by atoms with E-state index in [0.717, 1.165) is 11.3 Å². The van der Waals surface area contributed by atoms with E-state index in [1.165, 1.54) is 12.5 Å². The number of hydrogen-bond acceptors (Lipinski definition) is 5. The van der Waals surface area contributed by atoms with Gasteiger partial charge in [0.05, 0.1) is 0 Å². The predicted octanol–water partition coefficient (Wildman–Crippen LogP) is 2.55. The number of imidazole rings is 1. The molecule has 3 aromatic heterocycles. The molecular formula is C16H15N5O2. The number of aromatic nitrogens is 5. The summed E-state index contributed by atoms with van der Waals surface area (Å²) in [5.74, 6) is 0.247. The van der Waals surface area contributed by atoms with Crippen molar-refractivity contribution in [2.75, 3.05) is 0 Å². The summed E-state index contributed by atoms with van der Waals surface area (Å²) in [5, 5.41) is 9.00. The Hall–Kier alpha value is -3.09. The zero-order chi connectivity index (χ0) is 16.4. The summed E-state index contributed by atoms with van der Waals surface area (Å²) in [6, 6.07) is 5.53. The number of carboxylic acid groups (broad SMARTS) is 1. The van der Waals surface area contributed by atoms with Crippen molar-refractivity contribution in [1.29, 1.82) is 0 Å². The number of rotatable bonds is 4. The fraction of sp³-hybridized carbons (Fsp3) is 0.188. The van der Waals surface area contributed by atoms with Crippen molar-refractivity contribution in [3.8, 4) is 17.2 Å². The van der Waals surface area contributed by atoms with Crippen LogP contribution in [0.4, 0.5) is 0 Å². The molecule has 7 nitrogen and oxygen atoms in total. The molecule has 7 heteroatoms. The normalized spacial score (nSPS) is 10.9. The third-order valence-electron chi connectivity index (χ3n) is 3.31. The second-order valence-electron chi connectivity index (χ2n) is 5.34. The van der Waals surface area contributed by atoms with Gasteiger partial charge in [0.25, 0.3) is 0 Å². The van der Waals surface area contributed by atoms with Crippen molar-refractivity contribution in [2.24, 2.45) is 0 Å². The van der Waals surface area contributed by atoms with Crippen LogP contribution in [0.3, 0.4) is 0 Å². The van der Waals surface area contributed by atoms with Crippen LogP contribution in [-0.2, 0) is 0 Å². The molecule has 0 aromatic carbocycles. The molecule has 3 rings (SSSR count). The molecule has 0 fully saturated rings. The maximum Gasteiger partial charge on any atom is 0.356 e. The molecule has 1 N–H and O–H groups in total. The van der Waals surface area contributed by atoms with Crippen LogP contribution >= 0.6 is 0 Å². The lowest BCUT2D eigenvalue weighted by atomic mass is 10.1. The van der Waals surface area contributed by atoms with Crippen molar-refractivity contribution < 1.29 is 9.90 Å². The van der Waals surface area contributed by atoms with E-state index in [4.69, 9.17) is 5.11 Å². The second kappa shape index (κ2) is 5.96. The van der Waals surface area contributed by atoms with Gasteiger partial charge in [-0.15, -0.1) is 0 Å². The highest BCUT2D eigenvalue weighted by Crippen LogP contribution is 2.21. The Morgan fingerprint density at radius 1 is 1.30 bits per heavy atom. The van der Waals surface area contributed by atoms with Crippen LogP contribution < -0.4 is 0 Å². The van der Waals surface area contributed by atoms with Crippen LogP contribution in [0.5, 0.6) is 0 Å². The van der Waals surface area contributed by atoms with E-state index in [9.17, 15) is 4.79 Å². The minimum Gasteiger partial charge on any atom is -0.476 e. The highest BCUT2D eigenvalue weighted by molar-refractivity contribution is 5.85. The van der Waals surface area contributed by atoms with E-state index >= 15 is 0 Å². The van der Waals surface area contributed by atoms with Crippen LogP contribution in [-0.4, -0.2) is 35.6 Å². The third-order valence-corrected chi connectivity index (χ3v) is 3.31. The Kier molecular flexibility index (Phi) is 3.84. The minimum absolute atomic E-state index is 0.0300. The van der Waals surface area contributed by atoms with Crippen LogP contribution in [0.25, 0.3) is 17.2 Å². The first-order chi connectivity index (χ1) is 11.0. The lowest BCUT2D eigenvalue weighted by Gasteiger charge is -2.10. The van der Waals surface area contributed by atoms with Gasteiger partial charge in [0.15, 0.2) is 11.5 Å². The first-order valence-corrected chi connectivity index (χ1v) is 7.11. The number of pyridine rings is 1. The highest BCUT2D eigenvalue weighted by atomic mass is 16.4. The van der Waals surface area contributed by atoms with Gasteiger partial charge in [-0.1, -0.05) is 13.8 Å². The van der Waals surface area contributed by atoms with Crippen LogP contribution in [0, 0.1) is 0 Å². The average Bonchev–Trinajstić information content (AvgIpc) is 3.05. The summed E-state index contributed by atoms with van der Waals surface area (Å²) < 4.78 is 1.58. The van der Waals surface area contributed by atoms with Gasteiger partial charge in [0.2, 0.25) is 0 Å². The SMILES string of the molecule is CC(C)c1cc(-n2cnc(C(=O)O)c2)nc(-c2cccnc2)n1. The number of hydrogen-bond donors (Lipinski definition) is 1. The summed E-state index contributed by atoms with van der Waals surface area (Å²) in [6.07, 6.45) is 6.25. The Bertz CT molecular complexity index is 843. The largest absolute Gasteiger partial charge is 0.476 e. The molecule has 0 spiro atoms. The second-order valence-corrected chi connectivity index (χ2v) is 5.34. The van der Waals surface area contributed by atoms with E-state index in [2.05, 4.69) is 19.9 Å². The molecule has 116 valence electrons. The Morgan fingerprint density at radius 2 is 2.13 bits per heavy atom. The summed E-state index contributed by atoms with van der Waals surface area (Å²) in [5.41, 5.74) is 1.63. The molecule has 3 aromatic rings. The van der Waals surface area contributed by atoms with Gasteiger partial charge in [-0.2, -0.15) is 0 Å². The van der Waals surface area contributed by atoms with Gasteiger partial charge in [-0.3, -0.25) is 9.55 Å². The Morgan fingerprint density at radius 3 is 2.74 bits per heavy atom. The van der Waals surface area contributed by atoms with Crippen molar-refractivity contribution in [3.05, 3.63) is 54.5 Å². The van der Waals surface area contributed by atoms with Gasteiger partial charge in [-0.05, 0) is 18.1 Å². The van der Waals surface area contributed by atoms with Crippen LogP contribution in [0.2, 0.25) is 0 Å². The highest BCUT2D eigenvalue weighted by Gasteiger charge is 2.13. The maximum absolute atomic E-state index is 11.0. The molecule has 0 radical (unpaired) electrons. The smallest absolute Gasteiger partial charge is 0.356 e. The van der Waals surface area contributed by atoms with Crippen molar-refractivity contribution in [1.82, 2.24) is 24.5 Å². The third kappa shape index (κ3) is 3.08. The zero-order valence-electron chi connectivity index (χ0n) is 12.7. The molecule has 3 heterocycles. The molecule has 0 amide bonds. The van der Waals surface area contributed by atoms with Crippen LogP contribution in [0.15, 0.2) is 43.1 Å². The molecular weight excluding hydrogens is 294 g/mol. The molecule has 23 heavy (non-hydrogen) atoms. The molecule has 0 saturated heterocycles. The number of aromatic carboxylic acids is 1. The first-order valence-electron chi connectivity index (χ1n) is 7.11. The summed E-state index contributed by atoms with van der Waals surface area (Å²) in [7, 11) is 0. The number of nitrogens with zero attached hydrogens (tertiary/aromatic N) is 5. The van der Waals surface area contributed by atoms with E-state index in [1.54, 1.807) is 17.0 Å². The molecule has 0 aliphatic carbocycles. The van der Waals surface area contributed by atoms with Crippen molar-refractivity contribution in [2.45, 2.75) is 19.8 Å². The van der Waals surface area contributed by atoms with E-state index in [0.29, 0.717) is 11.6 Å². The minimum atomic E-state index is -1.07. The fourth-order valence-electron chi connectivity index (χ4n) is 2.06. The quantitative estimate of drug-likeness (QED) is 0.796. The Balaban J connectivity index is 2.12. The van der Waals surface area contributed by atoms with E-state index in [1.807, 2.05) is 32.0 Å². The number of carboxylic acids is 1. The monoisotopic (exact) mass is 309 g/mol. The summed E-state index contributed by atoms with van der Waals surface area (Å²) in [6.45, 7) is 4.07. The molecule has 0 unspecified atom stereocenters. The van der Waals surface area contributed by atoms with Crippen LogP contribution in [0.1, 0.15) is 35.9 Å². The van der Waals surface area contributed by atoms with E-state index < -0.39 is 5.97 Å². The first kappa shape index (κ1) is 14.8. The van der Waals surface area contributed by atoms with E-state index in [-0.39, 0.29) is 11.6 Å². The van der Waals surface area contributed by atoms with Gasteiger partial charge in [-0.25, -0.2) is 19.7 Å². The summed E-state index contributed by atoms with van der Waals surface area (Å²) >= 11 is 0. The molecule has 0 aliphatic heterocycles. The molecule has 0 atom stereocenters. The van der Waals surface area contributed by atoms with Gasteiger partial charge in [0.1, 0.15) is 12.1 Å². The van der Waals surface area contributed by atoms with Gasteiger partial charge >= 0.3 is 5.97 Å². The fourth-order valence-corrected chi connectivity index (χ4v) is 2.06. The lowest BCUT2D eigenvalue weighted by Crippen LogP contribution is -2.04.